The molecule has 2 aromatic carbocycles. The number of nitrogens with one attached hydrogen (secondary N) is 2. The van der Waals surface area contributed by atoms with Crippen LogP contribution in [-0.4, -0.2) is 17.9 Å². The Labute approximate surface area is 153 Å². The highest BCUT2D eigenvalue weighted by Crippen LogP contribution is 2.24. The Morgan fingerprint density at radius 1 is 1.04 bits per heavy atom. The standard InChI is InChI=1S/C17H16BrClN2O3/c1-10(2)24-15-8-7-11(18)9-13(15)17(23)21-20-16(22)12-5-3-4-6-14(12)19/h3-10H,1-2H3,(H,20,22)(H,21,23). The quantitative estimate of drug-likeness (QED) is 0.748. The van der Waals surface area contributed by atoms with E-state index in [4.69, 9.17) is 16.3 Å². The Kier molecular flexibility index (Phi) is 6.23. The zero-order valence-corrected chi connectivity index (χ0v) is 15.4. The molecule has 2 rings (SSSR count). The first-order chi connectivity index (χ1) is 11.4. The van der Waals surface area contributed by atoms with Gasteiger partial charge in [-0.1, -0.05) is 39.7 Å². The van der Waals surface area contributed by atoms with Crippen LogP contribution in [0.1, 0.15) is 34.6 Å². The van der Waals surface area contributed by atoms with Gasteiger partial charge in [-0.15, -0.1) is 0 Å². The first kappa shape index (κ1) is 18.3. The van der Waals surface area contributed by atoms with Crippen LogP contribution in [0.3, 0.4) is 0 Å². The molecule has 2 N–H and O–H groups in total. The minimum atomic E-state index is -0.504. The van der Waals surface area contributed by atoms with Crippen molar-refractivity contribution in [1.29, 1.82) is 0 Å². The van der Waals surface area contributed by atoms with E-state index in [0.717, 1.165) is 4.47 Å². The van der Waals surface area contributed by atoms with E-state index >= 15 is 0 Å². The Morgan fingerprint density at radius 2 is 1.67 bits per heavy atom. The van der Waals surface area contributed by atoms with Crippen molar-refractivity contribution in [3.63, 3.8) is 0 Å². The first-order valence-corrected chi connectivity index (χ1v) is 8.37. The molecule has 0 atom stereocenters. The molecular formula is C17H16BrClN2O3. The number of carbonyl (C=O) groups excluding carboxylic acids is 2. The highest BCUT2D eigenvalue weighted by Gasteiger charge is 2.16. The van der Waals surface area contributed by atoms with Crippen molar-refractivity contribution in [3.05, 3.63) is 63.1 Å². The van der Waals surface area contributed by atoms with Gasteiger partial charge in [0.1, 0.15) is 5.75 Å². The average molecular weight is 412 g/mol. The van der Waals surface area contributed by atoms with Gasteiger partial charge in [0.25, 0.3) is 11.8 Å². The first-order valence-electron chi connectivity index (χ1n) is 7.20. The molecular weight excluding hydrogens is 396 g/mol. The maximum Gasteiger partial charge on any atom is 0.273 e. The molecule has 24 heavy (non-hydrogen) atoms. The van der Waals surface area contributed by atoms with E-state index in [1.165, 1.54) is 0 Å². The summed E-state index contributed by atoms with van der Waals surface area (Å²) in [6.45, 7) is 3.73. The summed E-state index contributed by atoms with van der Waals surface area (Å²) >= 11 is 9.27. The number of ether oxygens (including phenoxy) is 1. The molecule has 2 amide bonds. The molecule has 0 unspecified atom stereocenters. The van der Waals surface area contributed by atoms with Crippen molar-refractivity contribution in [2.75, 3.05) is 0 Å². The van der Waals surface area contributed by atoms with E-state index in [1.807, 2.05) is 13.8 Å². The molecule has 0 radical (unpaired) electrons. The van der Waals surface area contributed by atoms with Gasteiger partial charge in [0.15, 0.2) is 0 Å². The number of halogens is 2. The lowest BCUT2D eigenvalue weighted by Gasteiger charge is -2.15. The highest BCUT2D eigenvalue weighted by atomic mass is 79.9. The van der Waals surface area contributed by atoms with Crippen molar-refractivity contribution in [2.45, 2.75) is 20.0 Å². The fourth-order valence-electron chi connectivity index (χ4n) is 1.93. The second kappa shape index (κ2) is 8.17. The third kappa shape index (κ3) is 4.72. The minimum Gasteiger partial charge on any atom is -0.490 e. The molecule has 5 nitrogen and oxygen atoms in total. The Hall–Kier alpha value is -2.05. The number of hydrogen-bond acceptors (Lipinski definition) is 3. The van der Waals surface area contributed by atoms with Crippen LogP contribution >= 0.6 is 27.5 Å². The number of benzene rings is 2. The van der Waals surface area contributed by atoms with Crippen LogP contribution in [0.5, 0.6) is 5.75 Å². The van der Waals surface area contributed by atoms with E-state index in [9.17, 15) is 9.59 Å². The molecule has 0 aromatic heterocycles. The normalized spacial score (nSPS) is 10.4. The van der Waals surface area contributed by atoms with Crippen LogP contribution in [0.2, 0.25) is 5.02 Å². The van der Waals surface area contributed by atoms with E-state index in [2.05, 4.69) is 26.8 Å². The molecule has 0 bridgehead atoms. The van der Waals surface area contributed by atoms with Crippen molar-refractivity contribution in [3.8, 4) is 5.75 Å². The van der Waals surface area contributed by atoms with E-state index in [-0.39, 0.29) is 11.7 Å². The molecule has 0 fully saturated rings. The third-order valence-corrected chi connectivity index (χ3v) is 3.78. The predicted molar refractivity (Wildman–Crippen MR) is 96.3 cm³/mol. The summed E-state index contributed by atoms with van der Waals surface area (Å²) in [7, 11) is 0. The maximum atomic E-state index is 12.4. The van der Waals surface area contributed by atoms with Crippen molar-refractivity contribution in [1.82, 2.24) is 10.9 Å². The molecule has 0 saturated carbocycles. The van der Waals surface area contributed by atoms with E-state index < -0.39 is 11.8 Å². The Bertz CT molecular complexity index is 765. The van der Waals surface area contributed by atoms with Gasteiger partial charge in [-0.05, 0) is 44.2 Å². The minimum absolute atomic E-state index is 0.0876. The van der Waals surface area contributed by atoms with Gasteiger partial charge < -0.3 is 4.74 Å². The van der Waals surface area contributed by atoms with Crippen molar-refractivity contribution < 1.29 is 14.3 Å². The average Bonchev–Trinajstić information content (AvgIpc) is 2.54. The fraction of sp³-hybridized carbons (Fsp3) is 0.176. The molecule has 2 aromatic rings. The summed E-state index contributed by atoms with van der Waals surface area (Å²) in [6.07, 6.45) is -0.0876. The van der Waals surface area contributed by atoms with Crippen molar-refractivity contribution in [2.24, 2.45) is 0 Å². The van der Waals surface area contributed by atoms with E-state index in [1.54, 1.807) is 42.5 Å². The van der Waals surface area contributed by atoms with Gasteiger partial charge in [0.05, 0.1) is 22.3 Å². The molecule has 0 aliphatic heterocycles. The summed E-state index contributed by atoms with van der Waals surface area (Å²) in [5, 5.41) is 0.301. The Balaban J connectivity index is 2.11. The van der Waals surface area contributed by atoms with Crippen LogP contribution in [0.4, 0.5) is 0 Å². The van der Waals surface area contributed by atoms with Crippen molar-refractivity contribution >= 4 is 39.3 Å². The van der Waals surface area contributed by atoms with Gasteiger partial charge in [-0.25, -0.2) is 0 Å². The number of hydrogen-bond donors (Lipinski definition) is 2. The van der Waals surface area contributed by atoms with Crippen LogP contribution in [0.25, 0.3) is 0 Å². The SMILES string of the molecule is CC(C)Oc1ccc(Br)cc1C(=O)NNC(=O)c1ccccc1Cl. The molecule has 7 heteroatoms. The Morgan fingerprint density at radius 3 is 2.29 bits per heavy atom. The van der Waals surface area contributed by atoms with Gasteiger partial charge in [0, 0.05) is 4.47 Å². The van der Waals surface area contributed by atoms with Crippen LogP contribution < -0.4 is 15.6 Å². The largest absolute Gasteiger partial charge is 0.490 e. The van der Waals surface area contributed by atoms with Gasteiger partial charge >= 0.3 is 0 Å². The summed E-state index contributed by atoms with van der Waals surface area (Å²) in [4.78, 5) is 24.4. The third-order valence-electron chi connectivity index (χ3n) is 2.96. The lowest BCUT2D eigenvalue weighted by atomic mass is 10.2. The zero-order valence-electron chi connectivity index (χ0n) is 13.1. The number of hydrazine groups is 1. The van der Waals surface area contributed by atoms with Crippen LogP contribution in [-0.2, 0) is 0 Å². The van der Waals surface area contributed by atoms with Crippen LogP contribution in [0.15, 0.2) is 46.9 Å². The summed E-state index contributed by atoms with van der Waals surface area (Å²) in [5.74, 6) is -0.569. The molecule has 0 aliphatic rings. The highest BCUT2D eigenvalue weighted by molar-refractivity contribution is 9.10. The zero-order chi connectivity index (χ0) is 17.7. The topological polar surface area (TPSA) is 67.4 Å². The van der Waals surface area contributed by atoms with Gasteiger partial charge in [-0.2, -0.15) is 0 Å². The monoisotopic (exact) mass is 410 g/mol. The summed E-state index contributed by atoms with van der Waals surface area (Å²) in [6, 6.07) is 11.7. The molecule has 0 spiro atoms. The van der Waals surface area contributed by atoms with E-state index in [0.29, 0.717) is 16.3 Å². The second-order valence-electron chi connectivity index (χ2n) is 5.20. The molecule has 0 heterocycles. The lowest BCUT2D eigenvalue weighted by Crippen LogP contribution is -2.41. The number of rotatable bonds is 4. The fourth-order valence-corrected chi connectivity index (χ4v) is 2.51. The predicted octanol–water partition coefficient (Wildman–Crippen LogP) is 3.96. The lowest BCUT2D eigenvalue weighted by molar-refractivity contribution is 0.0843. The van der Waals surface area contributed by atoms with Gasteiger partial charge in [-0.3, -0.25) is 20.4 Å². The van der Waals surface area contributed by atoms with Crippen LogP contribution in [0, 0.1) is 0 Å². The molecule has 0 saturated heterocycles. The smallest absolute Gasteiger partial charge is 0.273 e. The molecule has 0 aliphatic carbocycles. The second-order valence-corrected chi connectivity index (χ2v) is 6.52. The summed E-state index contributed by atoms with van der Waals surface area (Å²) in [5.41, 5.74) is 5.29. The maximum absolute atomic E-state index is 12.4. The van der Waals surface area contributed by atoms with Gasteiger partial charge in [0.2, 0.25) is 0 Å². The molecule has 126 valence electrons. The summed E-state index contributed by atoms with van der Waals surface area (Å²) < 4.78 is 6.34. The number of carbonyl (C=O) groups is 2. The number of amides is 2.